The zero-order chi connectivity index (χ0) is 13.0. The van der Waals surface area contributed by atoms with E-state index < -0.39 is 0 Å². The van der Waals surface area contributed by atoms with Gasteiger partial charge in [0.05, 0.1) is 13.2 Å². The molecule has 1 aromatic rings. The summed E-state index contributed by atoms with van der Waals surface area (Å²) in [5, 5.41) is 9.03. The van der Waals surface area contributed by atoms with Crippen LogP contribution in [0.5, 0.6) is 0 Å². The smallest absolute Gasteiger partial charge is 0.270 e. The van der Waals surface area contributed by atoms with Crippen LogP contribution in [0, 0.1) is 0 Å². The van der Waals surface area contributed by atoms with Gasteiger partial charge in [0.25, 0.3) is 5.91 Å². The van der Waals surface area contributed by atoms with Gasteiger partial charge in [0.15, 0.2) is 0 Å². The average Bonchev–Trinajstić information content (AvgIpc) is 3.11. The molecule has 0 aliphatic heterocycles. The minimum absolute atomic E-state index is 0.0282. The van der Waals surface area contributed by atoms with Gasteiger partial charge in [-0.3, -0.25) is 4.79 Å². The van der Waals surface area contributed by atoms with E-state index in [2.05, 4.69) is 0 Å². The van der Waals surface area contributed by atoms with Gasteiger partial charge in [-0.15, -0.1) is 0 Å². The highest BCUT2D eigenvalue weighted by Gasteiger charge is 2.28. The number of aliphatic hydroxyl groups excluding tert-OH is 1. The molecule has 0 aromatic carbocycles. The number of carbonyl (C=O) groups is 1. The summed E-state index contributed by atoms with van der Waals surface area (Å²) in [6.45, 7) is 1.30. The van der Waals surface area contributed by atoms with Crippen molar-refractivity contribution in [3.63, 3.8) is 0 Å². The molecule has 1 N–H and O–H groups in total. The molecule has 1 amide bonds. The summed E-state index contributed by atoms with van der Waals surface area (Å²) in [6.07, 6.45) is 4.25. The van der Waals surface area contributed by atoms with Crippen molar-refractivity contribution in [2.45, 2.75) is 18.9 Å². The Hall–Kier alpha value is -1.33. The zero-order valence-corrected chi connectivity index (χ0v) is 10.7. The number of nitrogens with zero attached hydrogens (tertiary/aromatic N) is 2. The second kappa shape index (κ2) is 6.02. The number of hydrogen-bond acceptors (Lipinski definition) is 3. The quantitative estimate of drug-likeness (QED) is 0.784. The maximum absolute atomic E-state index is 12.4. The largest absolute Gasteiger partial charge is 0.395 e. The molecule has 0 spiro atoms. The first-order valence-electron chi connectivity index (χ1n) is 6.34. The number of aliphatic hydroxyl groups is 1. The number of amides is 1. The van der Waals surface area contributed by atoms with Gasteiger partial charge in [-0.1, -0.05) is 0 Å². The lowest BCUT2D eigenvalue weighted by Crippen LogP contribution is -2.37. The third kappa shape index (κ3) is 2.91. The highest BCUT2D eigenvalue weighted by atomic mass is 16.5. The van der Waals surface area contributed by atoms with Crippen LogP contribution in [0.4, 0.5) is 0 Å². The minimum Gasteiger partial charge on any atom is -0.395 e. The normalized spacial score (nSPS) is 14.8. The van der Waals surface area contributed by atoms with Gasteiger partial charge in [0.1, 0.15) is 5.69 Å². The predicted octanol–water partition coefficient (Wildman–Crippen LogP) is 0.904. The summed E-state index contributed by atoms with van der Waals surface area (Å²) in [7, 11) is 1.61. The molecule has 1 saturated carbocycles. The highest BCUT2D eigenvalue weighted by molar-refractivity contribution is 5.92. The number of hydrogen-bond donors (Lipinski definition) is 1. The maximum Gasteiger partial charge on any atom is 0.270 e. The van der Waals surface area contributed by atoms with Gasteiger partial charge in [-0.05, 0) is 25.0 Å². The summed E-state index contributed by atoms with van der Waals surface area (Å²) in [5.74, 6) is -0.0296. The van der Waals surface area contributed by atoms with Crippen LogP contribution >= 0.6 is 0 Å². The Morgan fingerprint density at radius 1 is 1.56 bits per heavy atom. The van der Waals surface area contributed by atoms with Crippen molar-refractivity contribution in [2.24, 2.45) is 0 Å². The fourth-order valence-electron chi connectivity index (χ4n) is 2.05. The molecular formula is C13H20N2O3. The second-order valence-electron chi connectivity index (χ2n) is 4.54. The van der Waals surface area contributed by atoms with Gasteiger partial charge in [0, 0.05) is 32.4 Å². The molecule has 0 radical (unpaired) electrons. The van der Waals surface area contributed by atoms with E-state index in [1.54, 1.807) is 12.0 Å². The Labute approximate surface area is 107 Å². The number of aromatic nitrogens is 1. The van der Waals surface area contributed by atoms with Crippen LogP contribution in [0.25, 0.3) is 0 Å². The molecule has 5 nitrogen and oxygen atoms in total. The molecule has 2 rings (SSSR count). The van der Waals surface area contributed by atoms with Crippen LogP contribution < -0.4 is 0 Å². The van der Waals surface area contributed by atoms with Crippen LogP contribution in [0.3, 0.4) is 0 Å². The van der Waals surface area contributed by atoms with Crippen molar-refractivity contribution >= 4 is 5.91 Å². The molecule has 1 aliphatic rings. The molecule has 1 aromatic heterocycles. The molecule has 0 saturated heterocycles. The number of carbonyl (C=O) groups excluding carboxylic acids is 1. The van der Waals surface area contributed by atoms with Gasteiger partial charge < -0.3 is 19.3 Å². The van der Waals surface area contributed by atoms with E-state index in [0.717, 1.165) is 12.8 Å². The number of rotatable bonds is 7. The van der Waals surface area contributed by atoms with Crippen molar-refractivity contribution in [1.29, 1.82) is 0 Å². The maximum atomic E-state index is 12.4. The predicted molar refractivity (Wildman–Crippen MR) is 67.6 cm³/mol. The van der Waals surface area contributed by atoms with E-state index in [1.807, 2.05) is 22.9 Å². The molecule has 1 aliphatic carbocycles. The summed E-state index contributed by atoms with van der Waals surface area (Å²) >= 11 is 0. The molecule has 1 heterocycles. The van der Waals surface area contributed by atoms with Gasteiger partial charge in [-0.25, -0.2) is 0 Å². The van der Waals surface area contributed by atoms with Crippen molar-refractivity contribution in [3.05, 3.63) is 24.0 Å². The summed E-state index contributed by atoms with van der Waals surface area (Å²) in [6, 6.07) is 4.23. The molecule has 0 bridgehead atoms. The molecule has 1 fully saturated rings. The molecule has 0 unspecified atom stereocenters. The van der Waals surface area contributed by atoms with Gasteiger partial charge in [-0.2, -0.15) is 0 Å². The number of ether oxygens (including phenoxy) is 1. The van der Waals surface area contributed by atoms with Crippen LogP contribution in [0.2, 0.25) is 0 Å². The highest BCUT2D eigenvalue weighted by Crippen LogP contribution is 2.36. The lowest BCUT2D eigenvalue weighted by atomic mass is 10.3. The number of methoxy groups -OCH3 is 1. The molecule has 5 heteroatoms. The first-order valence-corrected chi connectivity index (χ1v) is 6.34. The van der Waals surface area contributed by atoms with Crippen molar-refractivity contribution in [3.8, 4) is 0 Å². The minimum atomic E-state index is -0.0296. The van der Waals surface area contributed by atoms with Gasteiger partial charge >= 0.3 is 0 Å². The van der Waals surface area contributed by atoms with Crippen molar-refractivity contribution in [2.75, 3.05) is 33.4 Å². The van der Waals surface area contributed by atoms with E-state index in [0.29, 0.717) is 31.4 Å². The molecular weight excluding hydrogens is 232 g/mol. The van der Waals surface area contributed by atoms with E-state index in [9.17, 15) is 4.79 Å². The van der Waals surface area contributed by atoms with E-state index in [4.69, 9.17) is 9.84 Å². The van der Waals surface area contributed by atoms with Crippen molar-refractivity contribution < 1.29 is 14.6 Å². The molecule has 0 atom stereocenters. The van der Waals surface area contributed by atoms with Crippen LogP contribution in [0.15, 0.2) is 18.3 Å². The SMILES string of the molecule is COCCN(CCO)C(=O)c1cccn1C1CC1. The van der Waals surface area contributed by atoms with Crippen LogP contribution in [0.1, 0.15) is 29.4 Å². The third-order valence-electron chi connectivity index (χ3n) is 3.16. The average molecular weight is 252 g/mol. The standard InChI is InChI=1S/C13H20N2O3/c1-18-10-8-14(7-9-16)13(17)12-3-2-6-15(12)11-4-5-11/h2-3,6,11,16H,4-5,7-10H2,1H3. The van der Waals surface area contributed by atoms with Gasteiger partial charge in [0.2, 0.25) is 0 Å². The topological polar surface area (TPSA) is 54.7 Å². The fourth-order valence-corrected chi connectivity index (χ4v) is 2.05. The summed E-state index contributed by atoms with van der Waals surface area (Å²) < 4.78 is 7.04. The third-order valence-corrected chi connectivity index (χ3v) is 3.16. The Kier molecular flexibility index (Phi) is 4.38. The van der Waals surface area contributed by atoms with Crippen LogP contribution in [-0.2, 0) is 4.74 Å². The first-order chi connectivity index (χ1) is 8.77. The molecule has 100 valence electrons. The fraction of sp³-hybridized carbons (Fsp3) is 0.615. The molecule has 18 heavy (non-hydrogen) atoms. The second-order valence-corrected chi connectivity index (χ2v) is 4.54. The Bertz CT molecular complexity index is 399. The Morgan fingerprint density at radius 3 is 2.94 bits per heavy atom. The van der Waals surface area contributed by atoms with Crippen molar-refractivity contribution in [1.82, 2.24) is 9.47 Å². The Balaban J connectivity index is 2.08. The van der Waals surface area contributed by atoms with E-state index in [-0.39, 0.29) is 12.5 Å². The summed E-state index contributed by atoms with van der Waals surface area (Å²) in [4.78, 5) is 14.0. The Morgan fingerprint density at radius 2 is 2.33 bits per heavy atom. The zero-order valence-electron chi connectivity index (χ0n) is 10.7. The first kappa shape index (κ1) is 13.1. The monoisotopic (exact) mass is 252 g/mol. The summed E-state index contributed by atoms with van der Waals surface area (Å²) in [5.41, 5.74) is 0.710. The van der Waals surface area contributed by atoms with Crippen LogP contribution in [-0.4, -0.2) is 53.9 Å². The lowest BCUT2D eigenvalue weighted by molar-refractivity contribution is 0.0646. The van der Waals surface area contributed by atoms with E-state index >= 15 is 0 Å². The lowest BCUT2D eigenvalue weighted by Gasteiger charge is -2.22. The van der Waals surface area contributed by atoms with E-state index in [1.165, 1.54) is 0 Å².